The maximum atomic E-state index is 11.5. The minimum absolute atomic E-state index is 0.178. The zero-order valence-electron chi connectivity index (χ0n) is 9.81. The van der Waals surface area contributed by atoms with Gasteiger partial charge in [0.05, 0.1) is 0 Å². The second-order valence-electron chi connectivity index (χ2n) is 4.10. The quantitative estimate of drug-likeness (QED) is 0.749. The first-order valence-electron chi connectivity index (χ1n) is 5.69. The fourth-order valence-corrected chi connectivity index (χ4v) is 1.88. The fourth-order valence-electron chi connectivity index (χ4n) is 1.88. The molecule has 0 spiro atoms. The van der Waals surface area contributed by atoms with Crippen LogP contribution < -0.4 is 4.90 Å². The van der Waals surface area contributed by atoms with E-state index in [9.17, 15) is 9.59 Å². The summed E-state index contributed by atoms with van der Waals surface area (Å²) in [6.45, 7) is 2.46. The summed E-state index contributed by atoms with van der Waals surface area (Å²) >= 11 is 0. The van der Waals surface area contributed by atoms with Crippen molar-refractivity contribution in [3.63, 3.8) is 0 Å². The van der Waals surface area contributed by atoms with Gasteiger partial charge >= 0.3 is 5.97 Å². The van der Waals surface area contributed by atoms with E-state index < -0.39 is 0 Å². The number of esters is 1. The molecule has 1 amide bonds. The normalized spacial score (nSPS) is 15.1. The predicted molar refractivity (Wildman–Crippen MR) is 63.5 cm³/mol. The SMILES string of the molecule is CC(=O)OCc1ccc(N2CCCC2=O)cc1. The number of carbonyl (C=O) groups is 2. The number of benzene rings is 1. The van der Waals surface area contributed by atoms with Crippen molar-refractivity contribution in [2.45, 2.75) is 26.4 Å². The van der Waals surface area contributed by atoms with E-state index in [0.29, 0.717) is 6.42 Å². The molecule has 1 fully saturated rings. The van der Waals surface area contributed by atoms with Crippen molar-refractivity contribution in [1.29, 1.82) is 0 Å². The van der Waals surface area contributed by atoms with Crippen molar-refractivity contribution < 1.29 is 14.3 Å². The molecular formula is C13H15NO3. The van der Waals surface area contributed by atoms with E-state index >= 15 is 0 Å². The summed E-state index contributed by atoms with van der Waals surface area (Å²) in [5.74, 6) is -0.110. The lowest BCUT2D eigenvalue weighted by molar-refractivity contribution is -0.142. The van der Waals surface area contributed by atoms with Gasteiger partial charge in [0, 0.05) is 25.6 Å². The molecule has 1 aromatic carbocycles. The molecule has 0 N–H and O–H groups in total. The average molecular weight is 233 g/mol. The molecule has 1 aromatic rings. The van der Waals surface area contributed by atoms with Crippen LogP contribution in [0.4, 0.5) is 5.69 Å². The average Bonchev–Trinajstić information content (AvgIpc) is 2.73. The zero-order chi connectivity index (χ0) is 12.3. The van der Waals surface area contributed by atoms with Crippen molar-refractivity contribution in [3.05, 3.63) is 29.8 Å². The van der Waals surface area contributed by atoms with Crippen molar-refractivity contribution in [3.8, 4) is 0 Å². The molecule has 0 unspecified atom stereocenters. The van der Waals surface area contributed by atoms with Crippen LogP contribution in [-0.4, -0.2) is 18.4 Å². The van der Waals surface area contributed by atoms with Gasteiger partial charge in [-0.15, -0.1) is 0 Å². The fraction of sp³-hybridized carbons (Fsp3) is 0.385. The molecule has 0 saturated carbocycles. The Labute approximate surface area is 100 Å². The summed E-state index contributed by atoms with van der Waals surface area (Å²) in [4.78, 5) is 24.0. The first kappa shape index (κ1) is 11.6. The van der Waals surface area contributed by atoms with Crippen molar-refractivity contribution in [2.75, 3.05) is 11.4 Å². The van der Waals surface area contributed by atoms with E-state index in [4.69, 9.17) is 4.74 Å². The summed E-state index contributed by atoms with van der Waals surface area (Å²) in [5.41, 5.74) is 1.84. The molecule has 90 valence electrons. The van der Waals surface area contributed by atoms with Gasteiger partial charge in [-0.25, -0.2) is 0 Å². The lowest BCUT2D eigenvalue weighted by atomic mass is 10.2. The number of amides is 1. The third kappa shape index (κ3) is 2.84. The number of rotatable bonds is 3. The zero-order valence-corrected chi connectivity index (χ0v) is 9.81. The summed E-state index contributed by atoms with van der Waals surface area (Å²) in [6.07, 6.45) is 1.56. The molecule has 0 radical (unpaired) electrons. The highest BCUT2D eigenvalue weighted by Crippen LogP contribution is 2.21. The van der Waals surface area contributed by atoms with E-state index in [2.05, 4.69) is 0 Å². The smallest absolute Gasteiger partial charge is 0.302 e. The summed E-state index contributed by atoms with van der Waals surface area (Å²) < 4.78 is 4.89. The highest BCUT2D eigenvalue weighted by atomic mass is 16.5. The van der Waals surface area contributed by atoms with Gasteiger partial charge in [-0.05, 0) is 24.1 Å². The molecule has 1 aliphatic heterocycles. The Morgan fingerprint density at radius 2 is 2.06 bits per heavy atom. The Bertz CT molecular complexity index is 425. The standard InChI is InChI=1S/C13H15NO3/c1-10(15)17-9-11-4-6-12(7-5-11)14-8-2-3-13(14)16/h4-7H,2-3,8-9H2,1H3. The van der Waals surface area contributed by atoms with Gasteiger partial charge in [-0.1, -0.05) is 12.1 Å². The number of ether oxygens (including phenoxy) is 1. The number of carbonyl (C=O) groups excluding carboxylic acids is 2. The van der Waals surface area contributed by atoms with E-state index in [0.717, 1.165) is 24.2 Å². The molecule has 4 heteroatoms. The molecule has 1 saturated heterocycles. The molecular weight excluding hydrogens is 218 g/mol. The Balaban J connectivity index is 2.02. The van der Waals surface area contributed by atoms with Gasteiger partial charge in [0.25, 0.3) is 0 Å². The summed E-state index contributed by atoms with van der Waals surface area (Å²) in [7, 11) is 0. The highest BCUT2D eigenvalue weighted by molar-refractivity contribution is 5.95. The molecule has 1 heterocycles. The van der Waals surface area contributed by atoms with Gasteiger partial charge in [0.2, 0.25) is 5.91 Å². The van der Waals surface area contributed by atoms with Gasteiger partial charge in [-0.2, -0.15) is 0 Å². The molecule has 4 nitrogen and oxygen atoms in total. The number of anilines is 1. The lowest BCUT2D eigenvalue weighted by Gasteiger charge is -2.15. The summed E-state index contributed by atoms with van der Waals surface area (Å²) in [6, 6.07) is 7.54. The van der Waals surface area contributed by atoms with Crippen molar-refractivity contribution in [1.82, 2.24) is 0 Å². The molecule has 1 aliphatic rings. The van der Waals surface area contributed by atoms with Crippen LogP contribution in [0, 0.1) is 0 Å². The molecule has 0 aliphatic carbocycles. The van der Waals surface area contributed by atoms with Crippen molar-refractivity contribution in [2.24, 2.45) is 0 Å². The first-order chi connectivity index (χ1) is 8.16. The first-order valence-corrected chi connectivity index (χ1v) is 5.69. The van der Waals surface area contributed by atoms with Crippen LogP contribution in [0.3, 0.4) is 0 Å². The van der Waals surface area contributed by atoms with Gasteiger partial charge in [-0.3, -0.25) is 9.59 Å². The van der Waals surface area contributed by atoms with Crippen LogP contribution in [0.1, 0.15) is 25.3 Å². The van der Waals surface area contributed by atoms with Crippen LogP contribution in [0.15, 0.2) is 24.3 Å². The molecule has 2 rings (SSSR count). The van der Waals surface area contributed by atoms with Crippen LogP contribution in [-0.2, 0) is 20.9 Å². The van der Waals surface area contributed by atoms with E-state index in [1.165, 1.54) is 6.92 Å². The topological polar surface area (TPSA) is 46.6 Å². The molecule has 0 atom stereocenters. The third-order valence-electron chi connectivity index (χ3n) is 2.76. The minimum Gasteiger partial charge on any atom is -0.461 e. The third-order valence-corrected chi connectivity index (χ3v) is 2.76. The lowest BCUT2D eigenvalue weighted by Crippen LogP contribution is -2.23. The van der Waals surface area contributed by atoms with Gasteiger partial charge in [0.1, 0.15) is 6.61 Å². The molecule has 0 bridgehead atoms. The monoisotopic (exact) mass is 233 g/mol. The Hall–Kier alpha value is -1.84. The Morgan fingerprint density at radius 3 is 2.59 bits per heavy atom. The van der Waals surface area contributed by atoms with Gasteiger partial charge < -0.3 is 9.64 Å². The second-order valence-corrected chi connectivity index (χ2v) is 4.10. The maximum Gasteiger partial charge on any atom is 0.302 e. The van der Waals surface area contributed by atoms with Crippen LogP contribution in [0.5, 0.6) is 0 Å². The van der Waals surface area contributed by atoms with Gasteiger partial charge in [0.15, 0.2) is 0 Å². The number of hydrogen-bond donors (Lipinski definition) is 0. The number of hydrogen-bond acceptors (Lipinski definition) is 3. The van der Waals surface area contributed by atoms with Crippen molar-refractivity contribution >= 4 is 17.6 Å². The second kappa shape index (κ2) is 4.99. The Kier molecular flexibility index (Phi) is 3.42. The van der Waals surface area contributed by atoms with Crippen LogP contribution in [0.25, 0.3) is 0 Å². The van der Waals surface area contributed by atoms with E-state index in [-0.39, 0.29) is 18.5 Å². The largest absolute Gasteiger partial charge is 0.461 e. The highest BCUT2D eigenvalue weighted by Gasteiger charge is 2.21. The minimum atomic E-state index is -0.288. The maximum absolute atomic E-state index is 11.5. The van der Waals surface area contributed by atoms with E-state index in [1.54, 1.807) is 4.90 Å². The summed E-state index contributed by atoms with van der Waals surface area (Å²) in [5, 5.41) is 0. The number of nitrogens with zero attached hydrogens (tertiary/aromatic N) is 1. The molecule has 0 aromatic heterocycles. The van der Waals surface area contributed by atoms with Crippen LogP contribution >= 0.6 is 0 Å². The van der Waals surface area contributed by atoms with Crippen LogP contribution in [0.2, 0.25) is 0 Å². The predicted octanol–water partition coefficient (Wildman–Crippen LogP) is 1.88. The van der Waals surface area contributed by atoms with E-state index in [1.807, 2.05) is 24.3 Å². The Morgan fingerprint density at radius 1 is 1.35 bits per heavy atom. The molecule has 17 heavy (non-hydrogen) atoms.